The molecule has 0 saturated heterocycles. The van der Waals surface area contributed by atoms with Gasteiger partial charge in [0, 0.05) is 15.5 Å². The summed E-state index contributed by atoms with van der Waals surface area (Å²) in [6.07, 6.45) is 0. The molecule has 1 nitrogen and oxygen atoms in total. The molecule has 2 aromatic rings. The smallest absolute Gasteiger partial charge is 0.103 e. The Labute approximate surface area is 110 Å². The zero-order valence-corrected chi connectivity index (χ0v) is 11.5. The molecule has 0 spiro atoms. The van der Waals surface area contributed by atoms with Gasteiger partial charge in [-0.25, -0.2) is 4.98 Å². The highest BCUT2D eigenvalue weighted by molar-refractivity contribution is 7.98. The second kappa shape index (κ2) is 5.75. The van der Waals surface area contributed by atoms with Gasteiger partial charge in [0.05, 0.1) is 11.4 Å². The average Bonchev–Trinajstić information content (AvgIpc) is 2.69. The summed E-state index contributed by atoms with van der Waals surface area (Å²) in [7, 11) is 0. The number of hydrogen-bond donors (Lipinski definition) is 1. The molecule has 4 heteroatoms. The van der Waals surface area contributed by atoms with Crippen LogP contribution in [0.25, 0.3) is 0 Å². The van der Waals surface area contributed by atoms with E-state index in [1.54, 1.807) is 11.3 Å². The minimum atomic E-state index is 0.791. The van der Waals surface area contributed by atoms with Gasteiger partial charge in [-0.05, 0) is 19.1 Å². The number of rotatable bonds is 4. The topological polar surface area (TPSA) is 12.9 Å². The summed E-state index contributed by atoms with van der Waals surface area (Å²) < 4.78 is 0. The lowest BCUT2D eigenvalue weighted by molar-refractivity contribution is 1.16. The van der Waals surface area contributed by atoms with Crippen LogP contribution >= 0.6 is 35.7 Å². The summed E-state index contributed by atoms with van der Waals surface area (Å²) in [5.74, 6) is 1.74. The van der Waals surface area contributed by atoms with Crippen LogP contribution in [-0.2, 0) is 11.5 Å². The Morgan fingerprint density at radius 3 is 2.69 bits per heavy atom. The van der Waals surface area contributed by atoms with E-state index in [0.717, 1.165) is 17.2 Å². The number of nitrogens with zero attached hydrogens (tertiary/aromatic N) is 1. The van der Waals surface area contributed by atoms with Crippen molar-refractivity contribution in [3.8, 4) is 0 Å². The molecule has 0 aliphatic rings. The number of hydrogen-bond acceptors (Lipinski definition) is 4. The quantitative estimate of drug-likeness (QED) is 0.659. The van der Waals surface area contributed by atoms with Crippen LogP contribution in [0.2, 0.25) is 0 Å². The number of aromatic nitrogens is 1. The van der Waals surface area contributed by atoms with Gasteiger partial charge < -0.3 is 0 Å². The van der Waals surface area contributed by atoms with Crippen molar-refractivity contribution >= 4 is 35.7 Å². The third-order valence-electron chi connectivity index (χ3n) is 2.19. The molecule has 0 atom stereocenters. The Bertz CT molecular complexity index is 451. The van der Waals surface area contributed by atoms with Crippen LogP contribution in [0.15, 0.2) is 35.2 Å². The predicted octanol–water partition coefficient (Wildman–Crippen LogP) is 4.17. The normalized spacial score (nSPS) is 10.6. The highest BCUT2D eigenvalue weighted by Crippen LogP contribution is 2.27. The van der Waals surface area contributed by atoms with Crippen LogP contribution in [0.1, 0.15) is 15.6 Å². The Morgan fingerprint density at radius 1 is 1.31 bits per heavy atom. The van der Waals surface area contributed by atoms with Crippen LogP contribution in [0.5, 0.6) is 0 Å². The maximum Gasteiger partial charge on any atom is 0.103 e. The number of aryl methyl sites for hydroxylation is 1. The fraction of sp³-hybridized carbons (Fsp3) is 0.250. The first-order valence-corrected chi connectivity index (χ1v) is 7.47. The fourth-order valence-corrected chi connectivity index (χ4v) is 3.62. The standard InChI is InChI=1S/C12H13NS3/c1-9-11(7-14)16-12(13-9)8-15-10-5-3-2-4-6-10/h2-6,14H,7-8H2,1H3. The second-order valence-corrected chi connectivity index (χ2v) is 5.91. The summed E-state index contributed by atoms with van der Waals surface area (Å²) in [5, 5.41) is 1.19. The SMILES string of the molecule is Cc1nc(CSc2ccccc2)sc1CS. The average molecular weight is 267 g/mol. The molecule has 1 aromatic carbocycles. The van der Waals surface area contributed by atoms with Gasteiger partial charge in [-0.2, -0.15) is 12.6 Å². The van der Waals surface area contributed by atoms with E-state index in [-0.39, 0.29) is 0 Å². The Balaban J connectivity index is 2.00. The highest BCUT2D eigenvalue weighted by Gasteiger charge is 2.06. The van der Waals surface area contributed by atoms with E-state index in [1.165, 1.54) is 14.8 Å². The van der Waals surface area contributed by atoms with Crippen molar-refractivity contribution in [2.75, 3.05) is 0 Å². The molecule has 16 heavy (non-hydrogen) atoms. The van der Waals surface area contributed by atoms with Crippen molar-refractivity contribution in [3.05, 3.63) is 45.9 Å². The van der Waals surface area contributed by atoms with Crippen molar-refractivity contribution in [2.24, 2.45) is 0 Å². The van der Waals surface area contributed by atoms with Gasteiger partial charge in [0.15, 0.2) is 0 Å². The Morgan fingerprint density at radius 2 is 2.06 bits per heavy atom. The van der Waals surface area contributed by atoms with Crippen LogP contribution in [-0.4, -0.2) is 4.98 Å². The maximum atomic E-state index is 4.55. The summed E-state index contributed by atoms with van der Waals surface area (Å²) >= 11 is 7.89. The van der Waals surface area contributed by atoms with Crippen molar-refractivity contribution in [3.63, 3.8) is 0 Å². The molecule has 0 unspecified atom stereocenters. The van der Waals surface area contributed by atoms with E-state index in [1.807, 2.05) is 17.8 Å². The molecule has 0 bridgehead atoms. The Hall–Kier alpha value is -0.450. The molecule has 0 saturated carbocycles. The van der Waals surface area contributed by atoms with Crippen LogP contribution in [0.3, 0.4) is 0 Å². The molecule has 0 aliphatic heterocycles. The van der Waals surface area contributed by atoms with Gasteiger partial charge in [-0.1, -0.05) is 18.2 Å². The summed E-state index contributed by atoms with van der Waals surface area (Å²) in [6.45, 7) is 2.05. The zero-order valence-electron chi connectivity index (χ0n) is 9.01. The van der Waals surface area contributed by atoms with E-state index in [9.17, 15) is 0 Å². The van der Waals surface area contributed by atoms with E-state index >= 15 is 0 Å². The predicted molar refractivity (Wildman–Crippen MR) is 75.5 cm³/mol. The maximum absolute atomic E-state index is 4.55. The van der Waals surface area contributed by atoms with E-state index < -0.39 is 0 Å². The van der Waals surface area contributed by atoms with Gasteiger partial charge in [0.25, 0.3) is 0 Å². The summed E-state index contributed by atoms with van der Waals surface area (Å²) in [5.41, 5.74) is 1.13. The number of thioether (sulfide) groups is 1. The largest absolute Gasteiger partial charge is 0.245 e. The first-order valence-electron chi connectivity index (χ1n) is 5.03. The van der Waals surface area contributed by atoms with Crippen molar-refractivity contribution in [1.82, 2.24) is 4.98 Å². The minimum Gasteiger partial charge on any atom is -0.245 e. The van der Waals surface area contributed by atoms with Crippen molar-refractivity contribution in [2.45, 2.75) is 23.3 Å². The van der Waals surface area contributed by atoms with Crippen LogP contribution in [0.4, 0.5) is 0 Å². The molecule has 1 heterocycles. The van der Waals surface area contributed by atoms with Gasteiger partial charge in [-0.15, -0.1) is 23.1 Å². The lowest BCUT2D eigenvalue weighted by atomic mass is 10.4. The third kappa shape index (κ3) is 3.03. The second-order valence-electron chi connectivity index (χ2n) is 3.38. The monoisotopic (exact) mass is 267 g/mol. The molecular weight excluding hydrogens is 254 g/mol. The Kier molecular flexibility index (Phi) is 4.32. The zero-order chi connectivity index (χ0) is 11.4. The molecule has 84 valence electrons. The molecule has 0 amide bonds. The van der Waals surface area contributed by atoms with Gasteiger partial charge in [0.1, 0.15) is 5.01 Å². The van der Waals surface area contributed by atoms with Crippen LogP contribution < -0.4 is 0 Å². The highest BCUT2D eigenvalue weighted by atomic mass is 32.2. The molecule has 1 aromatic heterocycles. The van der Waals surface area contributed by atoms with Gasteiger partial charge >= 0.3 is 0 Å². The molecular formula is C12H13NS3. The number of thiazole rings is 1. The molecule has 0 fully saturated rings. The van der Waals surface area contributed by atoms with Gasteiger partial charge in [-0.3, -0.25) is 0 Å². The molecule has 0 aliphatic carbocycles. The van der Waals surface area contributed by atoms with Crippen molar-refractivity contribution in [1.29, 1.82) is 0 Å². The molecule has 0 N–H and O–H groups in total. The summed E-state index contributed by atoms with van der Waals surface area (Å²) in [4.78, 5) is 7.12. The number of thiol groups is 1. The van der Waals surface area contributed by atoms with Gasteiger partial charge in [0.2, 0.25) is 0 Å². The van der Waals surface area contributed by atoms with E-state index in [2.05, 4.69) is 48.8 Å². The lowest BCUT2D eigenvalue weighted by Crippen LogP contribution is -1.80. The third-order valence-corrected chi connectivity index (χ3v) is 5.08. The van der Waals surface area contributed by atoms with E-state index in [4.69, 9.17) is 0 Å². The first kappa shape index (κ1) is 12.0. The lowest BCUT2D eigenvalue weighted by Gasteiger charge is -1.97. The number of benzene rings is 1. The van der Waals surface area contributed by atoms with Crippen LogP contribution in [0, 0.1) is 6.92 Å². The first-order chi connectivity index (χ1) is 7.79. The summed E-state index contributed by atoms with van der Waals surface area (Å²) in [6, 6.07) is 10.4. The fourth-order valence-electron chi connectivity index (χ4n) is 1.36. The molecule has 0 radical (unpaired) electrons. The van der Waals surface area contributed by atoms with Crippen molar-refractivity contribution < 1.29 is 0 Å². The van der Waals surface area contributed by atoms with E-state index in [0.29, 0.717) is 0 Å². The molecule has 2 rings (SSSR count). The minimum absolute atomic E-state index is 0.791.